The smallest absolute Gasteiger partial charge is 0.0632 e. The summed E-state index contributed by atoms with van der Waals surface area (Å²) in [5, 5.41) is 3.54. The van der Waals surface area contributed by atoms with Crippen molar-refractivity contribution in [1.82, 2.24) is 15.1 Å². The van der Waals surface area contributed by atoms with Crippen LogP contribution in [0, 0.1) is 0 Å². The normalized spacial score (nSPS) is 36.0. The van der Waals surface area contributed by atoms with Gasteiger partial charge >= 0.3 is 0 Å². The van der Waals surface area contributed by atoms with Crippen molar-refractivity contribution in [2.24, 2.45) is 0 Å². The van der Waals surface area contributed by atoms with Gasteiger partial charge < -0.3 is 19.7 Å². The fraction of sp³-hybridized carbons (Fsp3) is 1.00. The highest BCUT2D eigenvalue weighted by Gasteiger charge is 2.30. The number of nitrogens with one attached hydrogen (secondary N) is 1. The second kappa shape index (κ2) is 6.30. The van der Waals surface area contributed by atoms with Crippen LogP contribution < -0.4 is 5.32 Å². The molecule has 5 nitrogen and oxygen atoms in total. The van der Waals surface area contributed by atoms with Crippen molar-refractivity contribution < 1.29 is 9.47 Å². The average Bonchev–Trinajstić information content (AvgIpc) is 2.89. The fourth-order valence-corrected chi connectivity index (χ4v) is 3.27. The zero-order chi connectivity index (χ0) is 12.2. The summed E-state index contributed by atoms with van der Waals surface area (Å²) in [6.07, 6.45) is 1.31. The van der Waals surface area contributed by atoms with Crippen molar-refractivity contribution >= 4 is 0 Å². The fourth-order valence-electron chi connectivity index (χ4n) is 3.27. The first-order valence-electron chi connectivity index (χ1n) is 7.27. The van der Waals surface area contributed by atoms with Gasteiger partial charge in [0.05, 0.1) is 26.4 Å². The Bertz CT molecular complexity index is 253. The molecule has 0 spiro atoms. The lowest BCUT2D eigenvalue weighted by molar-refractivity contribution is 0.0174. The van der Waals surface area contributed by atoms with Crippen molar-refractivity contribution in [3.63, 3.8) is 0 Å². The van der Waals surface area contributed by atoms with Gasteiger partial charge in [-0.2, -0.15) is 0 Å². The van der Waals surface area contributed by atoms with E-state index in [1.165, 1.54) is 19.5 Å². The molecule has 2 atom stereocenters. The Morgan fingerprint density at radius 2 is 1.94 bits per heavy atom. The highest BCUT2D eigenvalue weighted by atomic mass is 16.5. The number of hydrogen-bond donors (Lipinski definition) is 1. The molecule has 0 aromatic heterocycles. The van der Waals surface area contributed by atoms with Crippen molar-refractivity contribution in [3.05, 3.63) is 0 Å². The number of ether oxygens (including phenoxy) is 2. The van der Waals surface area contributed by atoms with Crippen molar-refractivity contribution in [3.8, 4) is 0 Å². The van der Waals surface area contributed by atoms with Crippen LogP contribution in [0.1, 0.15) is 6.42 Å². The van der Waals surface area contributed by atoms with E-state index >= 15 is 0 Å². The molecule has 0 bridgehead atoms. The van der Waals surface area contributed by atoms with E-state index in [1.807, 2.05) is 0 Å². The van der Waals surface area contributed by atoms with Gasteiger partial charge in [-0.25, -0.2) is 0 Å². The van der Waals surface area contributed by atoms with Crippen LogP contribution in [0.5, 0.6) is 0 Å². The second-order valence-electron chi connectivity index (χ2n) is 5.58. The zero-order valence-corrected chi connectivity index (χ0v) is 11.1. The molecule has 104 valence electrons. The molecule has 0 aliphatic carbocycles. The molecule has 3 saturated heterocycles. The number of rotatable bonds is 3. The molecule has 5 heteroatoms. The van der Waals surface area contributed by atoms with E-state index in [1.54, 1.807) is 0 Å². The quantitative estimate of drug-likeness (QED) is 0.727. The van der Waals surface area contributed by atoms with Crippen molar-refractivity contribution in [2.75, 3.05) is 65.7 Å². The maximum Gasteiger partial charge on any atom is 0.0632 e. The van der Waals surface area contributed by atoms with E-state index in [-0.39, 0.29) is 0 Å². The highest BCUT2D eigenvalue weighted by Crippen LogP contribution is 2.17. The van der Waals surface area contributed by atoms with Gasteiger partial charge in [-0.3, -0.25) is 4.90 Å². The molecule has 3 aliphatic heterocycles. The third kappa shape index (κ3) is 3.22. The molecule has 1 N–H and O–H groups in total. The molecule has 0 radical (unpaired) electrons. The van der Waals surface area contributed by atoms with Crippen LogP contribution in [0.3, 0.4) is 0 Å². The van der Waals surface area contributed by atoms with Crippen molar-refractivity contribution in [2.45, 2.75) is 18.5 Å². The predicted molar refractivity (Wildman–Crippen MR) is 69.8 cm³/mol. The Balaban J connectivity index is 1.42. The summed E-state index contributed by atoms with van der Waals surface area (Å²) in [5.74, 6) is 0. The Morgan fingerprint density at radius 3 is 2.72 bits per heavy atom. The van der Waals surface area contributed by atoms with Crippen LogP contribution in [0.25, 0.3) is 0 Å². The third-order valence-electron chi connectivity index (χ3n) is 4.29. The van der Waals surface area contributed by atoms with Gasteiger partial charge in [-0.15, -0.1) is 0 Å². The molecule has 2 unspecified atom stereocenters. The summed E-state index contributed by atoms with van der Waals surface area (Å²) >= 11 is 0. The van der Waals surface area contributed by atoms with Crippen LogP contribution in [-0.4, -0.2) is 87.6 Å². The second-order valence-corrected chi connectivity index (χ2v) is 5.58. The van der Waals surface area contributed by atoms with Crippen LogP contribution in [0.4, 0.5) is 0 Å². The van der Waals surface area contributed by atoms with Crippen LogP contribution in [0.15, 0.2) is 0 Å². The first-order valence-corrected chi connectivity index (χ1v) is 7.27. The SMILES string of the molecule is C1COCC(CN2CCC(N3CCOCC3)C2)N1. The molecule has 0 aromatic carbocycles. The largest absolute Gasteiger partial charge is 0.379 e. The standard InChI is InChI=1S/C13H25N3O2/c1-3-15(9-12-11-18-6-2-14-12)10-13(1)16-4-7-17-8-5-16/h12-14H,1-11H2. The van der Waals surface area contributed by atoms with Gasteiger partial charge in [0.15, 0.2) is 0 Å². The number of likely N-dealkylation sites (tertiary alicyclic amines) is 1. The minimum absolute atomic E-state index is 0.530. The van der Waals surface area contributed by atoms with E-state index in [4.69, 9.17) is 9.47 Å². The maximum atomic E-state index is 5.52. The summed E-state index contributed by atoms with van der Waals surface area (Å²) in [7, 11) is 0. The summed E-state index contributed by atoms with van der Waals surface area (Å²) in [6, 6.07) is 1.28. The summed E-state index contributed by atoms with van der Waals surface area (Å²) in [6.45, 7) is 10.4. The summed E-state index contributed by atoms with van der Waals surface area (Å²) < 4.78 is 10.9. The number of hydrogen-bond acceptors (Lipinski definition) is 5. The minimum atomic E-state index is 0.530. The molecular weight excluding hydrogens is 230 g/mol. The summed E-state index contributed by atoms with van der Waals surface area (Å²) in [5.41, 5.74) is 0. The molecule has 3 fully saturated rings. The van der Waals surface area contributed by atoms with Gasteiger partial charge in [0.2, 0.25) is 0 Å². The van der Waals surface area contributed by atoms with Crippen LogP contribution in [-0.2, 0) is 9.47 Å². The first-order chi connectivity index (χ1) is 8.92. The number of nitrogens with zero attached hydrogens (tertiary/aromatic N) is 2. The van der Waals surface area contributed by atoms with Gasteiger partial charge in [-0.1, -0.05) is 0 Å². The first kappa shape index (κ1) is 12.8. The topological polar surface area (TPSA) is 37.0 Å². The number of morpholine rings is 2. The Morgan fingerprint density at radius 1 is 1.06 bits per heavy atom. The molecular formula is C13H25N3O2. The molecule has 0 amide bonds. The molecule has 3 heterocycles. The Kier molecular flexibility index (Phi) is 4.49. The Hall–Kier alpha value is -0.200. The van der Waals surface area contributed by atoms with Gasteiger partial charge in [-0.05, 0) is 13.0 Å². The van der Waals surface area contributed by atoms with E-state index in [2.05, 4.69) is 15.1 Å². The molecule has 3 aliphatic rings. The summed E-state index contributed by atoms with van der Waals surface area (Å²) in [4.78, 5) is 5.20. The maximum absolute atomic E-state index is 5.52. The lowest BCUT2D eigenvalue weighted by Crippen LogP contribution is -2.49. The monoisotopic (exact) mass is 255 g/mol. The predicted octanol–water partition coefficient (Wildman–Crippen LogP) is -0.619. The highest BCUT2D eigenvalue weighted by molar-refractivity contribution is 4.87. The van der Waals surface area contributed by atoms with Gasteiger partial charge in [0.1, 0.15) is 0 Å². The molecule has 0 saturated carbocycles. The molecule has 3 rings (SSSR count). The van der Waals surface area contributed by atoms with Crippen molar-refractivity contribution in [1.29, 1.82) is 0 Å². The van der Waals surface area contributed by atoms with Crippen LogP contribution >= 0.6 is 0 Å². The van der Waals surface area contributed by atoms with E-state index in [9.17, 15) is 0 Å². The van der Waals surface area contributed by atoms with Gasteiger partial charge in [0, 0.05) is 44.8 Å². The minimum Gasteiger partial charge on any atom is -0.379 e. The third-order valence-corrected chi connectivity index (χ3v) is 4.29. The lowest BCUT2D eigenvalue weighted by Gasteiger charge is -2.33. The zero-order valence-electron chi connectivity index (χ0n) is 11.1. The molecule has 18 heavy (non-hydrogen) atoms. The van der Waals surface area contributed by atoms with E-state index < -0.39 is 0 Å². The van der Waals surface area contributed by atoms with Gasteiger partial charge in [0.25, 0.3) is 0 Å². The van der Waals surface area contributed by atoms with E-state index in [0.29, 0.717) is 6.04 Å². The lowest BCUT2D eigenvalue weighted by atomic mass is 10.2. The van der Waals surface area contributed by atoms with Crippen LogP contribution in [0.2, 0.25) is 0 Å². The van der Waals surface area contributed by atoms with E-state index in [0.717, 1.165) is 58.6 Å². The average molecular weight is 255 g/mol. The molecule has 0 aromatic rings. The Labute approximate surface area is 109 Å².